The van der Waals surface area contributed by atoms with Gasteiger partial charge in [0, 0.05) is 13.1 Å². The van der Waals surface area contributed by atoms with E-state index in [0.29, 0.717) is 11.9 Å². The van der Waals surface area contributed by atoms with Gasteiger partial charge in [0.25, 0.3) is 0 Å². The van der Waals surface area contributed by atoms with Crippen LogP contribution >= 0.6 is 0 Å². The van der Waals surface area contributed by atoms with Crippen LogP contribution in [0, 0.1) is 23.0 Å². The van der Waals surface area contributed by atoms with Crippen molar-refractivity contribution in [1.82, 2.24) is 14.9 Å². The van der Waals surface area contributed by atoms with E-state index in [1.54, 1.807) is 0 Å². The summed E-state index contributed by atoms with van der Waals surface area (Å²) in [5.74, 6) is 0.764. The number of hydrogen-bond donors (Lipinski definition) is 2. The number of benzene rings is 1. The van der Waals surface area contributed by atoms with Gasteiger partial charge in [0.05, 0.1) is 4.92 Å². The summed E-state index contributed by atoms with van der Waals surface area (Å²) in [5, 5.41) is 13.9. The van der Waals surface area contributed by atoms with E-state index in [-0.39, 0.29) is 11.5 Å². The minimum Gasteiger partial charge on any atom is -0.378 e. The van der Waals surface area contributed by atoms with E-state index < -0.39 is 4.92 Å². The smallest absolute Gasteiger partial charge is 0.329 e. The molecule has 0 spiro atoms. The van der Waals surface area contributed by atoms with Gasteiger partial charge in [-0.3, -0.25) is 15.0 Å². The van der Waals surface area contributed by atoms with Crippen molar-refractivity contribution in [2.45, 2.75) is 26.3 Å². The van der Waals surface area contributed by atoms with Crippen molar-refractivity contribution < 1.29 is 4.92 Å². The topological polar surface area (TPSA) is 110 Å². The molecule has 138 valence electrons. The summed E-state index contributed by atoms with van der Waals surface area (Å²) in [6.45, 7) is 5.95. The van der Waals surface area contributed by atoms with E-state index >= 15 is 0 Å². The summed E-state index contributed by atoms with van der Waals surface area (Å²) >= 11 is 0. The van der Waals surface area contributed by atoms with Crippen molar-refractivity contribution in [2.75, 3.05) is 30.7 Å². The van der Waals surface area contributed by atoms with E-state index in [4.69, 9.17) is 5.73 Å². The molecule has 0 unspecified atom stereocenters. The fraction of sp³-hybridized carbons (Fsp3) is 0.444. The maximum atomic E-state index is 10.7. The van der Waals surface area contributed by atoms with E-state index in [2.05, 4.69) is 51.4 Å². The number of nitrogens with one attached hydrogen (secondary N) is 1. The highest BCUT2D eigenvalue weighted by Gasteiger charge is 2.20. The molecule has 0 saturated carbocycles. The van der Waals surface area contributed by atoms with Crippen molar-refractivity contribution in [3.8, 4) is 0 Å². The molecule has 2 heterocycles. The Morgan fingerprint density at radius 3 is 2.62 bits per heavy atom. The highest BCUT2D eigenvalue weighted by atomic mass is 16.6. The molecule has 1 aliphatic rings. The van der Waals surface area contributed by atoms with Gasteiger partial charge in [-0.2, -0.15) is 4.98 Å². The Balaban J connectivity index is 1.44. The number of nitrogens with zero attached hydrogens (tertiary/aromatic N) is 4. The second-order valence-corrected chi connectivity index (χ2v) is 6.81. The first-order valence-corrected chi connectivity index (χ1v) is 8.80. The van der Waals surface area contributed by atoms with Gasteiger partial charge < -0.3 is 11.1 Å². The lowest BCUT2D eigenvalue weighted by Crippen LogP contribution is -2.35. The first-order valence-electron chi connectivity index (χ1n) is 8.80. The van der Waals surface area contributed by atoms with E-state index in [9.17, 15) is 10.1 Å². The molecule has 0 amide bonds. The zero-order valence-electron chi connectivity index (χ0n) is 14.9. The minimum atomic E-state index is -0.580. The Hall–Kier alpha value is -2.74. The number of aryl methyl sites for hydroxylation is 1. The van der Waals surface area contributed by atoms with Crippen LogP contribution in [0.2, 0.25) is 0 Å². The Morgan fingerprint density at radius 2 is 2.00 bits per heavy atom. The van der Waals surface area contributed by atoms with Gasteiger partial charge in [-0.1, -0.05) is 29.8 Å². The van der Waals surface area contributed by atoms with Crippen LogP contribution in [-0.2, 0) is 6.54 Å². The quantitative estimate of drug-likeness (QED) is 0.604. The molecule has 8 nitrogen and oxygen atoms in total. The average molecular weight is 356 g/mol. The molecule has 3 N–H and O–H groups in total. The molecule has 0 bridgehead atoms. The molecule has 26 heavy (non-hydrogen) atoms. The zero-order chi connectivity index (χ0) is 18.5. The molecule has 1 aliphatic heterocycles. The molecular formula is C18H24N6O2. The largest absolute Gasteiger partial charge is 0.378 e. The van der Waals surface area contributed by atoms with Crippen molar-refractivity contribution >= 4 is 17.5 Å². The van der Waals surface area contributed by atoms with E-state index in [1.165, 1.54) is 11.1 Å². The highest BCUT2D eigenvalue weighted by molar-refractivity contribution is 5.53. The van der Waals surface area contributed by atoms with Crippen molar-refractivity contribution in [1.29, 1.82) is 0 Å². The van der Waals surface area contributed by atoms with E-state index in [1.807, 2.05) is 0 Å². The van der Waals surface area contributed by atoms with Gasteiger partial charge in [-0.15, -0.1) is 0 Å². The number of nitrogen functional groups attached to an aromatic ring is 1. The molecule has 1 aromatic carbocycles. The van der Waals surface area contributed by atoms with Crippen molar-refractivity contribution in [3.63, 3.8) is 0 Å². The van der Waals surface area contributed by atoms with Gasteiger partial charge in [0.15, 0.2) is 0 Å². The average Bonchev–Trinajstić information content (AvgIpc) is 2.63. The van der Waals surface area contributed by atoms with Crippen LogP contribution in [0.4, 0.5) is 17.5 Å². The predicted molar refractivity (Wildman–Crippen MR) is 101 cm³/mol. The fourth-order valence-electron chi connectivity index (χ4n) is 3.15. The standard InChI is InChI=1S/C18H24N6O2/c1-13-2-4-15(5-3-13)12-23-8-6-14(7-9-23)10-20-18-21-11-16(24(25)26)17(19)22-18/h2-5,11,14H,6-10,12H2,1H3,(H3,19,20,21,22). The maximum Gasteiger partial charge on any atom is 0.329 e. The third-order valence-electron chi connectivity index (χ3n) is 4.78. The zero-order valence-corrected chi connectivity index (χ0v) is 14.9. The first kappa shape index (κ1) is 18.1. The van der Waals surface area contributed by atoms with Crippen LogP contribution in [0.3, 0.4) is 0 Å². The molecule has 8 heteroatoms. The number of hydrogen-bond acceptors (Lipinski definition) is 7. The van der Waals surface area contributed by atoms with Crippen LogP contribution in [0.15, 0.2) is 30.5 Å². The number of aromatic nitrogens is 2. The maximum absolute atomic E-state index is 10.7. The second-order valence-electron chi connectivity index (χ2n) is 6.81. The van der Waals surface area contributed by atoms with Crippen molar-refractivity contribution in [2.24, 2.45) is 5.92 Å². The normalized spacial score (nSPS) is 15.7. The fourth-order valence-corrected chi connectivity index (χ4v) is 3.15. The summed E-state index contributed by atoms with van der Waals surface area (Å²) in [6.07, 6.45) is 3.34. The van der Waals surface area contributed by atoms with Crippen LogP contribution in [0.25, 0.3) is 0 Å². The lowest BCUT2D eigenvalue weighted by atomic mass is 9.96. The molecule has 1 fully saturated rings. The van der Waals surface area contributed by atoms with E-state index in [0.717, 1.165) is 45.2 Å². The highest BCUT2D eigenvalue weighted by Crippen LogP contribution is 2.21. The third-order valence-corrected chi connectivity index (χ3v) is 4.78. The number of piperidine rings is 1. The lowest BCUT2D eigenvalue weighted by molar-refractivity contribution is -0.384. The lowest BCUT2D eigenvalue weighted by Gasteiger charge is -2.32. The summed E-state index contributed by atoms with van der Waals surface area (Å²) in [6, 6.07) is 8.70. The van der Waals surface area contributed by atoms with Crippen LogP contribution in [0.1, 0.15) is 24.0 Å². The summed E-state index contributed by atoms with van der Waals surface area (Å²) in [4.78, 5) is 20.6. The second kappa shape index (κ2) is 8.09. The molecule has 1 saturated heterocycles. The molecule has 1 aromatic heterocycles. The van der Waals surface area contributed by atoms with Crippen LogP contribution in [-0.4, -0.2) is 39.4 Å². The SMILES string of the molecule is Cc1ccc(CN2CCC(CNc3ncc([N+](=O)[O-])c(N)n3)CC2)cc1. The first-order chi connectivity index (χ1) is 12.5. The summed E-state index contributed by atoms with van der Waals surface area (Å²) in [5.41, 5.74) is 7.96. The number of nitro groups is 1. The molecule has 0 aliphatic carbocycles. The van der Waals surface area contributed by atoms with Gasteiger partial charge in [-0.05, 0) is 44.3 Å². The van der Waals surface area contributed by atoms with Crippen molar-refractivity contribution in [3.05, 3.63) is 51.7 Å². The van der Waals surface area contributed by atoms with Crippen LogP contribution < -0.4 is 11.1 Å². The molecule has 0 atom stereocenters. The van der Waals surface area contributed by atoms with Gasteiger partial charge in [0.1, 0.15) is 6.20 Å². The number of nitrogens with two attached hydrogens (primary N) is 1. The Bertz CT molecular complexity index is 757. The monoisotopic (exact) mass is 356 g/mol. The molecule has 3 rings (SSSR count). The minimum absolute atomic E-state index is 0.111. The number of likely N-dealkylation sites (tertiary alicyclic amines) is 1. The molecular weight excluding hydrogens is 332 g/mol. The Kier molecular flexibility index (Phi) is 5.62. The molecule has 2 aromatic rings. The van der Waals surface area contributed by atoms with Gasteiger partial charge in [-0.25, -0.2) is 4.98 Å². The van der Waals surface area contributed by atoms with Crippen LogP contribution in [0.5, 0.6) is 0 Å². The predicted octanol–water partition coefficient (Wildman–Crippen LogP) is 2.60. The molecule has 0 radical (unpaired) electrons. The Labute approximate surface area is 152 Å². The summed E-state index contributed by atoms with van der Waals surface area (Å²) in [7, 11) is 0. The number of anilines is 2. The van der Waals surface area contributed by atoms with Gasteiger partial charge in [0.2, 0.25) is 11.8 Å². The Morgan fingerprint density at radius 1 is 1.31 bits per heavy atom. The third kappa shape index (κ3) is 4.66. The number of rotatable bonds is 6. The summed E-state index contributed by atoms with van der Waals surface area (Å²) < 4.78 is 0. The van der Waals surface area contributed by atoms with Gasteiger partial charge >= 0.3 is 5.69 Å².